The van der Waals surface area contributed by atoms with Crippen LogP contribution in [0, 0.1) is 6.92 Å². The first-order valence-electron chi connectivity index (χ1n) is 6.38. The van der Waals surface area contributed by atoms with E-state index in [4.69, 9.17) is 4.42 Å². The second-order valence-corrected chi connectivity index (χ2v) is 4.52. The van der Waals surface area contributed by atoms with Gasteiger partial charge in [-0.1, -0.05) is 12.1 Å². The van der Waals surface area contributed by atoms with Gasteiger partial charge in [0.1, 0.15) is 17.3 Å². The van der Waals surface area contributed by atoms with E-state index in [0.29, 0.717) is 5.76 Å². The largest absolute Gasteiger partial charge is 0.464 e. The van der Waals surface area contributed by atoms with Crippen LogP contribution < -0.4 is 10.1 Å². The van der Waals surface area contributed by atoms with Crippen LogP contribution in [-0.4, -0.2) is 12.5 Å². The molecule has 21 heavy (non-hydrogen) atoms. The Labute approximate surface area is 120 Å². The zero-order chi connectivity index (χ0) is 15.4. The predicted molar refractivity (Wildman–Crippen MR) is 72.4 cm³/mol. The minimum absolute atomic E-state index is 0.0490. The van der Waals surface area contributed by atoms with Crippen molar-refractivity contribution in [1.29, 1.82) is 0 Å². The number of amides is 1. The molecule has 0 aliphatic rings. The van der Waals surface area contributed by atoms with Crippen molar-refractivity contribution in [2.45, 2.75) is 26.5 Å². The van der Waals surface area contributed by atoms with Gasteiger partial charge in [-0.15, -0.1) is 0 Å². The topological polar surface area (TPSA) is 51.5 Å². The molecule has 1 atom stereocenters. The Morgan fingerprint density at radius 3 is 2.57 bits per heavy atom. The molecule has 0 bridgehead atoms. The molecule has 0 saturated carbocycles. The van der Waals surface area contributed by atoms with E-state index in [0.717, 1.165) is 5.76 Å². The van der Waals surface area contributed by atoms with Crippen LogP contribution in [0.3, 0.4) is 0 Å². The molecule has 2 aromatic rings. The number of carbonyl (C=O) groups excluding carboxylic acids is 1. The first-order valence-corrected chi connectivity index (χ1v) is 6.38. The van der Waals surface area contributed by atoms with Gasteiger partial charge in [-0.3, -0.25) is 4.79 Å². The molecule has 0 aliphatic heterocycles. The van der Waals surface area contributed by atoms with Gasteiger partial charge in [-0.05, 0) is 38.1 Å². The fourth-order valence-electron chi connectivity index (χ4n) is 1.88. The summed E-state index contributed by atoms with van der Waals surface area (Å²) in [6.45, 7) is 0.556. The van der Waals surface area contributed by atoms with E-state index in [1.54, 1.807) is 32.0 Å². The summed E-state index contributed by atoms with van der Waals surface area (Å²) >= 11 is 0. The summed E-state index contributed by atoms with van der Waals surface area (Å²) < 4.78 is 34.4. The third kappa shape index (κ3) is 3.81. The average molecular weight is 295 g/mol. The number of para-hydroxylation sites is 1. The Morgan fingerprint density at radius 2 is 1.95 bits per heavy atom. The van der Waals surface area contributed by atoms with Gasteiger partial charge >= 0.3 is 6.61 Å². The van der Waals surface area contributed by atoms with Gasteiger partial charge < -0.3 is 14.5 Å². The minimum atomic E-state index is -2.98. The molecule has 1 aromatic carbocycles. The first-order chi connectivity index (χ1) is 9.97. The second-order valence-electron chi connectivity index (χ2n) is 4.52. The van der Waals surface area contributed by atoms with Crippen LogP contribution in [0.5, 0.6) is 5.75 Å². The summed E-state index contributed by atoms with van der Waals surface area (Å²) in [4.78, 5) is 12.2. The monoisotopic (exact) mass is 295 g/mol. The molecule has 0 aliphatic carbocycles. The maximum absolute atomic E-state index is 12.3. The van der Waals surface area contributed by atoms with Crippen molar-refractivity contribution < 1.29 is 22.7 Å². The number of benzene rings is 1. The number of nitrogens with one attached hydrogen (secondary N) is 1. The number of furan rings is 1. The van der Waals surface area contributed by atoms with E-state index in [2.05, 4.69) is 10.1 Å². The van der Waals surface area contributed by atoms with Crippen molar-refractivity contribution in [1.82, 2.24) is 5.32 Å². The zero-order valence-electron chi connectivity index (χ0n) is 11.6. The molecule has 1 unspecified atom stereocenters. The first kappa shape index (κ1) is 15.0. The van der Waals surface area contributed by atoms with Crippen molar-refractivity contribution in [3.05, 3.63) is 53.5 Å². The molecular weight excluding hydrogens is 280 g/mol. The summed E-state index contributed by atoms with van der Waals surface area (Å²) in [6.07, 6.45) is 0. The Kier molecular flexibility index (Phi) is 4.57. The highest BCUT2D eigenvalue weighted by Gasteiger charge is 2.18. The Balaban J connectivity index is 2.13. The number of rotatable bonds is 5. The average Bonchev–Trinajstić information content (AvgIpc) is 2.85. The number of carbonyl (C=O) groups is 1. The quantitative estimate of drug-likeness (QED) is 0.915. The van der Waals surface area contributed by atoms with E-state index in [-0.39, 0.29) is 17.4 Å². The van der Waals surface area contributed by atoms with Crippen LogP contribution in [-0.2, 0) is 0 Å². The maximum Gasteiger partial charge on any atom is 0.387 e. The molecule has 0 spiro atoms. The lowest BCUT2D eigenvalue weighted by atomic mass is 10.1. The van der Waals surface area contributed by atoms with E-state index in [1.165, 1.54) is 18.2 Å². The van der Waals surface area contributed by atoms with Gasteiger partial charge in [0.15, 0.2) is 0 Å². The minimum Gasteiger partial charge on any atom is -0.464 e. The third-order valence-electron chi connectivity index (χ3n) is 2.88. The highest BCUT2D eigenvalue weighted by Crippen LogP contribution is 2.22. The third-order valence-corrected chi connectivity index (χ3v) is 2.88. The van der Waals surface area contributed by atoms with Gasteiger partial charge in [0.2, 0.25) is 0 Å². The summed E-state index contributed by atoms with van der Waals surface area (Å²) in [5.74, 6) is 0.654. The molecule has 1 heterocycles. The molecular formula is C15H15F2NO3. The van der Waals surface area contributed by atoms with Crippen LogP contribution >= 0.6 is 0 Å². The number of alkyl halides is 2. The van der Waals surface area contributed by atoms with Crippen molar-refractivity contribution in [3.8, 4) is 5.75 Å². The Hall–Kier alpha value is -2.37. The lowest BCUT2D eigenvalue weighted by Crippen LogP contribution is -2.27. The number of hydrogen-bond acceptors (Lipinski definition) is 3. The lowest BCUT2D eigenvalue weighted by molar-refractivity contribution is -0.0501. The summed E-state index contributed by atoms with van der Waals surface area (Å²) in [5.41, 5.74) is 0.0490. The SMILES string of the molecule is Cc1ccc(C(C)NC(=O)c2ccccc2OC(F)F)o1. The summed E-state index contributed by atoms with van der Waals surface area (Å²) in [5, 5.41) is 2.68. The molecule has 0 saturated heterocycles. The van der Waals surface area contributed by atoms with E-state index >= 15 is 0 Å². The van der Waals surface area contributed by atoms with Crippen LogP contribution in [0.4, 0.5) is 8.78 Å². The van der Waals surface area contributed by atoms with E-state index in [9.17, 15) is 13.6 Å². The van der Waals surface area contributed by atoms with Gasteiger partial charge in [0.05, 0.1) is 11.6 Å². The van der Waals surface area contributed by atoms with Gasteiger partial charge in [0.25, 0.3) is 5.91 Å². The molecule has 1 N–H and O–H groups in total. The van der Waals surface area contributed by atoms with Crippen molar-refractivity contribution in [2.75, 3.05) is 0 Å². The fourth-order valence-corrected chi connectivity index (χ4v) is 1.88. The zero-order valence-corrected chi connectivity index (χ0v) is 11.6. The van der Waals surface area contributed by atoms with Crippen molar-refractivity contribution >= 4 is 5.91 Å². The number of hydrogen-bond donors (Lipinski definition) is 1. The van der Waals surface area contributed by atoms with Crippen molar-refractivity contribution in [3.63, 3.8) is 0 Å². The molecule has 1 amide bonds. The molecule has 0 radical (unpaired) electrons. The predicted octanol–water partition coefficient (Wildman–Crippen LogP) is 3.68. The summed E-state index contributed by atoms with van der Waals surface area (Å²) in [6, 6.07) is 9.00. The lowest BCUT2D eigenvalue weighted by Gasteiger charge is -2.14. The highest BCUT2D eigenvalue weighted by molar-refractivity contribution is 5.97. The number of ether oxygens (including phenoxy) is 1. The van der Waals surface area contributed by atoms with Crippen molar-refractivity contribution in [2.24, 2.45) is 0 Å². The molecule has 1 aromatic heterocycles. The van der Waals surface area contributed by atoms with Gasteiger partial charge in [-0.2, -0.15) is 8.78 Å². The van der Waals surface area contributed by atoms with Gasteiger partial charge in [0, 0.05) is 0 Å². The second kappa shape index (κ2) is 6.39. The van der Waals surface area contributed by atoms with E-state index in [1.807, 2.05) is 0 Å². The summed E-state index contributed by atoms with van der Waals surface area (Å²) in [7, 11) is 0. The normalized spacial score (nSPS) is 12.2. The van der Waals surface area contributed by atoms with Crippen LogP contribution in [0.15, 0.2) is 40.8 Å². The number of aryl methyl sites for hydroxylation is 1. The molecule has 4 nitrogen and oxygen atoms in total. The van der Waals surface area contributed by atoms with Crippen LogP contribution in [0.1, 0.15) is 34.8 Å². The molecule has 112 valence electrons. The maximum atomic E-state index is 12.3. The highest BCUT2D eigenvalue weighted by atomic mass is 19.3. The molecule has 0 fully saturated rings. The Bertz CT molecular complexity index is 625. The Morgan fingerprint density at radius 1 is 1.24 bits per heavy atom. The van der Waals surface area contributed by atoms with E-state index < -0.39 is 12.5 Å². The standard InChI is InChI=1S/C15H15F2NO3/c1-9-7-8-12(20-9)10(2)18-14(19)11-5-3-4-6-13(11)21-15(16)17/h3-8,10,15H,1-2H3,(H,18,19). The van der Waals surface area contributed by atoms with Crippen LogP contribution in [0.25, 0.3) is 0 Å². The molecule has 2 rings (SSSR count). The number of halogens is 2. The van der Waals surface area contributed by atoms with Crippen LogP contribution in [0.2, 0.25) is 0 Å². The molecule has 6 heteroatoms. The smallest absolute Gasteiger partial charge is 0.387 e. The fraction of sp³-hybridized carbons (Fsp3) is 0.267. The van der Waals surface area contributed by atoms with Gasteiger partial charge in [-0.25, -0.2) is 0 Å².